The van der Waals surface area contributed by atoms with Crippen molar-refractivity contribution in [1.82, 2.24) is 20.4 Å². The molecule has 0 spiro atoms. The predicted octanol–water partition coefficient (Wildman–Crippen LogP) is 2.00. The summed E-state index contributed by atoms with van der Waals surface area (Å²) >= 11 is 0. The molecule has 0 saturated carbocycles. The van der Waals surface area contributed by atoms with Gasteiger partial charge in [-0.3, -0.25) is 14.7 Å². The van der Waals surface area contributed by atoms with Crippen molar-refractivity contribution in [1.29, 1.82) is 0 Å². The number of hydrogen-bond acceptors (Lipinski definition) is 6. The number of aromatic nitrogens is 2. The lowest BCUT2D eigenvalue weighted by atomic mass is 10.1. The molecule has 25 heavy (non-hydrogen) atoms. The van der Waals surface area contributed by atoms with Crippen molar-refractivity contribution in [2.24, 2.45) is 0 Å². The average Bonchev–Trinajstić information content (AvgIpc) is 3.14. The summed E-state index contributed by atoms with van der Waals surface area (Å²) in [7, 11) is 0. The van der Waals surface area contributed by atoms with Gasteiger partial charge in [0, 0.05) is 38.1 Å². The van der Waals surface area contributed by atoms with Crippen LogP contribution < -0.4 is 5.32 Å². The number of hydrogen-bond donors (Lipinski definition) is 1. The van der Waals surface area contributed by atoms with Crippen molar-refractivity contribution >= 4 is 5.91 Å². The Hall–Kier alpha value is -2.25. The molecule has 0 aliphatic carbocycles. The van der Waals surface area contributed by atoms with Gasteiger partial charge in [0.15, 0.2) is 0 Å². The number of ether oxygens (including phenoxy) is 1. The van der Waals surface area contributed by atoms with Crippen LogP contribution in [0.4, 0.5) is 0 Å². The lowest BCUT2D eigenvalue weighted by Crippen LogP contribution is -2.43. The van der Waals surface area contributed by atoms with E-state index in [1.807, 2.05) is 32.2 Å². The van der Waals surface area contributed by atoms with E-state index < -0.39 is 0 Å². The maximum atomic E-state index is 12.4. The molecule has 7 heteroatoms. The van der Waals surface area contributed by atoms with Crippen LogP contribution in [0.25, 0.3) is 0 Å². The van der Waals surface area contributed by atoms with Gasteiger partial charge < -0.3 is 14.6 Å². The summed E-state index contributed by atoms with van der Waals surface area (Å²) in [6.07, 6.45) is 3.60. The minimum Gasteiger partial charge on any atom is -0.379 e. The van der Waals surface area contributed by atoms with Crippen LogP contribution in [-0.4, -0.2) is 53.8 Å². The Morgan fingerprint density at radius 1 is 1.36 bits per heavy atom. The first-order chi connectivity index (χ1) is 12.1. The summed E-state index contributed by atoms with van der Waals surface area (Å²) < 4.78 is 10.6. The van der Waals surface area contributed by atoms with Crippen molar-refractivity contribution < 1.29 is 14.1 Å². The van der Waals surface area contributed by atoms with E-state index in [-0.39, 0.29) is 23.6 Å². The zero-order valence-corrected chi connectivity index (χ0v) is 14.6. The average molecular weight is 344 g/mol. The van der Waals surface area contributed by atoms with E-state index in [0.29, 0.717) is 19.8 Å². The number of amides is 1. The highest BCUT2D eigenvalue weighted by Gasteiger charge is 2.24. The summed E-state index contributed by atoms with van der Waals surface area (Å²) in [4.78, 5) is 18.9. The Kier molecular flexibility index (Phi) is 5.78. The lowest BCUT2D eigenvalue weighted by Gasteiger charge is -2.34. The Labute approximate surface area is 147 Å². The molecule has 3 rings (SSSR count). The van der Waals surface area contributed by atoms with Crippen molar-refractivity contribution in [2.45, 2.75) is 25.8 Å². The zero-order chi connectivity index (χ0) is 17.6. The van der Waals surface area contributed by atoms with Gasteiger partial charge in [-0.15, -0.1) is 0 Å². The molecule has 0 radical (unpaired) electrons. The van der Waals surface area contributed by atoms with E-state index in [1.165, 1.54) is 0 Å². The maximum absolute atomic E-state index is 12.4. The van der Waals surface area contributed by atoms with Gasteiger partial charge in [-0.1, -0.05) is 25.1 Å². The highest BCUT2D eigenvalue weighted by Crippen LogP contribution is 2.21. The molecule has 0 aromatic carbocycles. The lowest BCUT2D eigenvalue weighted by molar-refractivity contribution is 0.0161. The first kappa shape index (κ1) is 17.6. The number of pyridine rings is 1. The van der Waals surface area contributed by atoms with E-state index in [0.717, 1.165) is 24.3 Å². The molecule has 7 nitrogen and oxygen atoms in total. The largest absolute Gasteiger partial charge is 0.379 e. The molecule has 1 fully saturated rings. The van der Waals surface area contributed by atoms with Crippen molar-refractivity contribution in [3.63, 3.8) is 0 Å². The van der Waals surface area contributed by atoms with Crippen LogP contribution in [0.15, 0.2) is 35.1 Å². The first-order valence-electron chi connectivity index (χ1n) is 8.61. The molecular formula is C18H24N4O3. The number of carbonyl (C=O) groups is 1. The van der Waals surface area contributed by atoms with Gasteiger partial charge in [0.05, 0.1) is 24.9 Å². The van der Waals surface area contributed by atoms with Crippen LogP contribution in [0, 0.1) is 0 Å². The van der Waals surface area contributed by atoms with Crippen LogP contribution in [-0.2, 0) is 4.74 Å². The van der Waals surface area contributed by atoms with E-state index in [1.54, 1.807) is 12.3 Å². The summed E-state index contributed by atoms with van der Waals surface area (Å²) in [5, 5.41) is 6.90. The van der Waals surface area contributed by atoms with Gasteiger partial charge in [0.2, 0.25) is 5.76 Å². The molecule has 0 bridgehead atoms. The van der Waals surface area contributed by atoms with Gasteiger partial charge in [-0.25, -0.2) is 0 Å². The molecule has 1 aliphatic rings. The highest BCUT2D eigenvalue weighted by atomic mass is 16.5. The van der Waals surface area contributed by atoms with Crippen molar-refractivity contribution in [3.05, 3.63) is 47.6 Å². The number of nitrogens with zero attached hydrogens (tertiary/aromatic N) is 3. The third-order valence-corrected chi connectivity index (χ3v) is 4.36. The van der Waals surface area contributed by atoms with Crippen LogP contribution in [0.2, 0.25) is 0 Å². The topological polar surface area (TPSA) is 80.5 Å². The predicted molar refractivity (Wildman–Crippen MR) is 92.3 cm³/mol. The molecular weight excluding hydrogens is 320 g/mol. The van der Waals surface area contributed by atoms with Gasteiger partial charge >= 0.3 is 0 Å². The molecule has 0 unspecified atom stereocenters. The third-order valence-electron chi connectivity index (χ3n) is 4.36. The fourth-order valence-corrected chi connectivity index (χ4v) is 2.86. The van der Waals surface area contributed by atoms with Crippen molar-refractivity contribution in [2.75, 3.05) is 32.8 Å². The smallest absolute Gasteiger partial charge is 0.289 e. The highest BCUT2D eigenvalue weighted by molar-refractivity contribution is 5.91. The third kappa shape index (κ3) is 4.43. The summed E-state index contributed by atoms with van der Waals surface area (Å²) in [5.74, 6) is 0.221. The Morgan fingerprint density at radius 3 is 2.80 bits per heavy atom. The van der Waals surface area contributed by atoms with Gasteiger partial charge in [-0.2, -0.15) is 0 Å². The van der Waals surface area contributed by atoms with Gasteiger partial charge in [0.1, 0.15) is 0 Å². The SMILES string of the molecule is CC(C)c1cc(C(=O)NC[C@H](c2cccnc2)N2CCOCC2)on1. The zero-order valence-electron chi connectivity index (χ0n) is 14.6. The second-order valence-electron chi connectivity index (χ2n) is 6.43. The summed E-state index contributed by atoms with van der Waals surface area (Å²) in [5.41, 5.74) is 1.85. The first-order valence-corrected chi connectivity index (χ1v) is 8.61. The molecule has 2 aromatic rings. The Balaban J connectivity index is 1.68. The molecule has 3 heterocycles. The van der Waals surface area contributed by atoms with Crippen LogP contribution in [0.1, 0.15) is 47.6 Å². The summed E-state index contributed by atoms with van der Waals surface area (Å²) in [6.45, 7) is 7.55. The molecule has 1 atom stereocenters. The van der Waals surface area contributed by atoms with Crippen LogP contribution >= 0.6 is 0 Å². The standard InChI is InChI=1S/C18H24N4O3/c1-13(2)15-10-17(25-21-15)18(23)20-12-16(14-4-3-5-19-11-14)22-6-8-24-9-7-22/h3-5,10-11,13,16H,6-9,12H2,1-2H3,(H,20,23)/t16-/m1/s1. The number of morpholine rings is 1. The van der Waals surface area contributed by atoms with Gasteiger partial charge in [-0.05, 0) is 17.5 Å². The molecule has 1 aliphatic heterocycles. The van der Waals surface area contributed by atoms with Crippen LogP contribution in [0.3, 0.4) is 0 Å². The Morgan fingerprint density at radius 2 is 2.16 bits per heavy atom. The van der Waals surface area contributed by atoms with Gasteiger partial charge in [0.25, 0.3) is 5.91 Å². The van der Waals surface area contributed by atoms with E-state index in [2.05, 4.69) is 20.4 Å². The minimum atomic E-state index is -0.249. The number of rotatable bonds is 6. The molecule has 1 N–H and O–H groups in total. The number of carbonyl (C=O) groups excluding carboxylic acids is 1. The fourth-order valence-electron chi connectivity index (χ4n) is 2.86. The molecule has 1 saturated heterocycles. The van der Waals surface area contributed by atoms with Crippen LogP contribution in [0.5, 0.6) is 0 Å². The molecule has 1 amide bonds. The van der Waals surface area contributed by atoms with E-state index >= 15 is 0 Å². The second kappa shape index (κ2) is 8.22. The monoisotopic (exact) mass is 344 g/mol. The molecule has 2 aromatic heterocycles. The van der Waals surface area contributed by atoms with Crippen molar-refractivity contribution in [3.8, 4) is 0 Å². The fraction of sp³-hybridized carbons (Fsp3) is 0.500. The minimum absolute atomic E-state index is 0.0500. The second-order valence-corrected chi connectivity index (χ2v) is 6.43. The van der Waals surface area contributed by atoms with E-state index in [4.69, 9.17) is 9.26 Å². The summed E-state index contributed by atoms with van der Waals surface area (Å²) in [6, 6.07) is 5.70. The Bertz CT molecular complexity index is 681. The maximum Gasteiger partial charge on any atom is 0.289 e. The number of nitrogens with one attached hydrogen (secondary N) is 1. The normalized spacial score (nSPS) is 16.8. The van der Waals surface area contributed by atoms with E-state index in [9.17, 15) is 4.79 Å². The molecule has 134 valence electrons. The quantitative estimate of drug-likeness (QED) is 0.863.